The van der Waals surface area contributed by atoms with Crippen molar-refractivity contribution in [2.24, 2.45) is 0 Å². The first-order valence-corrected chi connectivity index (χ1v) is 8.87. The molecule has 0 amide bonds. The second-order valence-electron chi connectivity index (χ2n) is 6.13. The van der Waals surface area contributed by atoms with Gasteiger partial charge in [0.25, 0.3) is 0 Å². The smallest absolute Gasteiger partial charge is 0.385 e. The highest BCUT2D eigenvalue weighted by atomic mass is 32.1. The number of hydrogen-bond donors (Lipinski definition) is 2. The lowest BCUT2D eigenvalue weighted by molar-refractivity contribution is -0.137. The number of aryl methyl sites for hydroxylation is 1. The Kier molecular flexibility index (Phi) is 7.20. The molecule has 0 aliphatic heterocycles. The van der Waals surface area contributed by atoms with Gasteiger partial charge in [0.15, 0.2) is 5.11 Å². The van der Waals surface area contributed by atoms with Crippen LogP contribution in [-0.2, 0) is 17.5 Å². The normalized spacial score (nSPS) is 11.5. The van der Waals surface area contributed by atoms with E-state index in [0.717, 1.165) is 35.6 Å². The molecule has 1 aromatic carbocycles. The molecule has 0 bridgehead atoms. The molecule has 0 unspecified atom stereocenters. The van der Waals surface area contributed by atoms with Crippen LogP contribution in [0, 0.1) is 13.8 Å². The van der Waals surface area contributed by atoms with Crippen LogP contribution in [0.3, 0.4) is 0 Å². The van der Waals surface area contributed by atoms with Gasteiger partial charge in [0.2, 0.25) is 0 Å². The van der Waals surface area contributed by atoms with Crippen LogP contribution < -0.4 is 10.6 Å². The average molecular weight is 400 g/mol. The van der Waals surface area contributed by atoms with Crippen LogP contribution in [0.15, 0.2) is 24.3 Å². The minimum Gasteiger partial charge on any atom is -0.385 e. The van der Waals surface area contributed by atoms with Gasteiger partial charge in [-0.15, -0.1) is 0 Å². The number of rotatable bonds is 7. The maximum Gasteiger partial charge on any atom is 0.416 e. The van der Waals surface area contributed by atoms with Gasteiger partial charge in [-0.3, -0.25) is 4.68 Å². The van der Waals surface area contributed by atoms with E-state index in [9.17, 15) is 13.2 Å². The zero-order valence-corrected chi connectivity index (χ0v) is 16.3. The Balaban J connectivity index is 2.08. The molecule has 1 heterocycles. The van der Waals surface area contributed by atoms with E-state index in [4.69, 9.17) is 17.0 Å². The van der Waals surface area contributed by atoms with E-state index in [1.165, 1.54) is 6.07 Å². The van der Waals surface area contributed by atoms with Crippen LogP contribution in [0.25, 0.3) is 0 Å². The summed E-state index contributed by atoms with van der Waals surface area (Å²) < 4.78 is 45.3. The SMILES string of the molecule is COCCCNC(=S)Nc1c(C)nn(Cc2cccc(C(F)(F)F)c2)c1C. The Labute approximate surface area is 161 Å². The van der Waals surface area contributed by atoms with Gasteiger partial charge in [0.1, 0.15) is 0 Å². The lowest BCUT2D eigenvalue weighted by atomic mass is 10.1. The lowest BCUT2D eigenvalue weighted by Gasteiger charge is -2.12. The van der Waals surface area contributed by atoms with E-state index in [0.29, 0.717) is 23.8 Å². The highest BCUT2D eigenvalue weighted by Gasteiger charge is 2.30. The first kappa shape index (κ1) is 21.2. The average Bonchev–Trinajstić information content (AvgIpc) is 2.86. The van der Waals surface area contributed by atoms with Crippen molar-refractivity contribution in [3.63, 3.8) is 0 Å². The molecule has 1 aromatic heterocycles. The Morgan fingerprint density at radius 2 is 2.04 bits per heavy atom. The fourth-order valence-corrected chi connectivity index (χ4v) is 2.83. The molecule has 9 heteroatoms. The minimum absolute atomic E-state index is 0.242. The zero-order valence-electron chi connectivity index (χ0n) is 15.5. The third-order valence-electron chi connectivity index (χ3n) is 4.02. The largest absolute Gasteiger partial charge is 0.416 e. The van der Waals surface area contributed by atoms with Gasteiger partial charge in [-0.2, -0.15) is 18.3 Å². The van der Waals surface area contributed by atoms with Gasteiger partial charge in [-0.25, -0.2) is 0 Å². The molecule has 0 radical (unpaired) electrons. The summed E-state index contributed by atoms with van der Waals surface area (Å²) in [7, 11) is 1.64. The summed E-state index contributed by atoms with van der Waals surface area (Å²) in [6.45, 7) is 5.24. The summed E-state index contributed by atoms with van der Waals surface area (Å²) in [5, 5.41) is 11.1. The molecule has 5 nitrogen and oxygen atoms in total. The number of nitrogens with one attached hydrogen (secondary N) is 2. The van der Waals surface area contributed by atoms with E-state index in [-0.39, 0.29) is 6.54 Å². The minimum atomic E-state index is -4.36. The Morgan fingerprint density at radius 1 is 1.30 bits per heavy atom. The summed E-state index contributed by atoms with van der Waals surface area (Å²) >= 11 is 5.28. The predicted octanol–water partition coefficient (Wildman–Crippen LogP) is 3.89. The van der Waals surface area contributed by atoms with Gasteiger partial charge in [0, 0.05) is 20.3 Å². The van der Waals surface area contributed by atoms with Crippen molar-refractivity contribution < 1.29 is 17.9 Å². The number of alkyl halides is 3. The van der Waals surface area contributed by atoms with Crippen molar-refractivity contribution in [2.45, 2.75) is 33.0 Å². The van der Waals surface area contributed by atoms with Gasteiger partial charge >= 0.3 is 6.18 Å². The topological polar surface area (TPSA) is 51.1 Å². The number of ether oxygens (including phenoxy) is 1. The molecule has 0 spiro atoms. The van der Waals surface area contributed by atoms with Crippen molar-refractivity contribution in [2.75, 3.05) is 25.6 Å². The molecule has 0 saturated heterocycles. The summed E-state index contributed by atoms with van der Waals surface area (Å²) in [6, 6.07) is 5.26. The fourth-order valence-electron chi connectivity index (χ4n) is 2.63. The third kappa shape index (κ3) is 5.93. The molecule has 0 saturated carbocycles. The number of halogens is 3. The molecule has 148 valence electrons. The van der Waals surface area contributed by atoms with Crippen molar-refractivity contribution >= 4 is 23.0 Å². The van der Waals surface area contributed by atoms with Crippen LogP contribution in [0.4, 0.5) is 18.9 Å². The predicted molar refractivity (Wildman–Crippen MR) is 103 cm³/mol. The second-order valence-corrected chi connectivity index (χ2v) is 6.54. The molecule has 0 fully saturated rings. The monoisotopic (exact) mass is 400 g/mol. The highest BCUT2D eigenvalue weighted by molar-refractivity contribution is 7.80. The number of benzene rings is 1. The molecular formula is C18H23F3N4OS. The molecule has 27 heavy (non-hydrogen) atoms. The van der Waals surface area contributed by atoms with Crippen LogP contribution in [-0.4, -0.2) is 35.2 Å². The molecular weight excluding hydrogens is 377 g/mol. The number of hydrogen-bond acceptors (Lipinski definition) is 3. The van der Waals surface area contributed by atoms with E-state index in [1.54, 1.807) is 17.9 Å². The summed E-state index contributed by atoms with van der Waals surface area (Å²) in [5.41, 5.74) is 2.14. The highest BCUT2D eigenvalue weighted by Crippen LogP contribution is 2.30. The van der Waals surface area contributed by atoms with E-state index >= 15 is 0 Å². The van der Waals surface area contributed by atoms with Gasteiger partial charge in [-0.05, 0) is 50.2 Å². The third-order valence-corrected chi connectivity index (χ3v) is 4.26. The van der Waals surface area contributed by atoms with E-state index in [2.05, 4.69) is 15.7 Å². The Morgan fingerprint density at radius 3 is 2.70 bits per heavy atom. The number of anilines is 1. The van der Waals surface area contributed by atoms with Crippen molar-refractivity contribution in [3.8, 4) is 0 Å². The second kappa shape index (κ2) is 9.18. The first-order valence-electron chi connectivity index (χ1n) is 8.46. The fraction of sp³-hybridized carbons (Fsp3) is 0.444. The van der Waals surface area contributed by atoms with Crippen LogP contribution >= 0.6 is 12.2 Å². The standard InChI is InChI=1S/C18H23F3N4OS/c1-12-16(23-17(27)22-8-5-9-26-3)13(2)25(24-12)11-14-6-4-7-15(10-14)18(19,20)21/h4,6-7,10H,5,8-9,11H2,1-3H3,(H2,22,23,27). The zero-order chi connectivity index (χ0) is 20.0. The Hall–Kier alpha value is -2.13. The summed E-state index contributed by atoms with van der Waals surface area (Å²) in [6.07, 6.45) is -3.54. The summed E-state index contributed by atoms with van der Waals surface area (Å²) in [5.74, 6) is 0. The maximum absolute atomic E-state index is 12.9. The molecule has 2 rings (SSSR count). The van der Waals surface area contributed by atoms with Crippen LogP contribution in [0.5, 0.6) is 0 Å². The van der Waals surface area contributed by atoms with E-state index < -0.39 is 11.7 Å². The number of nitrogens with zero attached hydrogens (tertiary/aromatic N) is 2. The maximum atomic E-state index is 12.9. The van der Waals surface area contributed by atoms with Crippen LogP contribution in [0.1, 0.15) is 28.9 Å². The Bertz CT molecular complexity index is 789. The number of thiocarbonyl (C=S) groups is 1. The summed E-state index contributed by atoms with van der Waals surface area (Å²) in [4.78, 5) is 0. The van der Waals surface area contributed by atoms with Crippen LogP contribution in [0.2, 0.25) is 0 Å². The molecule has 0 aliphatic carbocycles. The lowest BCUT2D eigenvalue weighted by Crippen LogP contribution is -2.30. The van der Waals surface area contributed by atoms with Gasteiger partial charge < -0.3 is 15.4 Å². The molecule has 2 N–H and O–H groups in total. The molecule has 0 aliphatic rings. The number of aromatic nitrogens is 2. The van der Waals surface area contributed by atoms with Crippen molar-refractivity contribution in [1.82, 2.24) is 15.1 Å². The quantitative estimate of drug-likeness (QED) is 0.546. The van der Waals surface area contributed by atoms with Crippen molar-refractivity contribution in [1.29, 1.82) is 0 Å². The van der Waals surface area contributed by atoms with Gasteiger partial charge in [-0.1, -0.05) is 12.1 Å². The first-order chi connectivity index (χ1) is 12.7. The molecule has 2 aromatic rings. The van der Waals surface area contributed by atoms with Gasteiger partial charge in [0.05, 0.1) is 29.2 Å². The van der Waals surface area contributed by atoms with E-state index in [1.807, 2.05) is 13.8 Å². The van der Waals surface area contributed by atoms with Crippen molar-refractivity contribution in [3.05, 3.63) is 46.8 Å². The number of methoxy groups -OCH3 is 1. The molecule has 0 atom stereocenters.